The summed E-state index contributed by atoms with van der Waals surface area (Å²) in [6.07, 6.45) is 2.54. The first-order valence-corrected chi connectivity index (χ1v) is 14.5. The van der Waals surface area contributed by atoms with Gasteiger partial charge >= 0.3 is 17.9 Å². The maximum Gasteiger partial charge on any atom is 0.341 e. The summed E-state index contributed by atoms with van der Waals surface area (Å²) in [5, 5.41) is 6.19. The molecule has 47 heavy (non-hydrogen) atoms. The van der Waals surface area contributed by atoms with Crippen LogP contribution in [0.1, 0.15) is 43.0 Å². The lowest BCUT2D eigenvalue weighted by molar-refractivity contribution is -0.0655. The van der Waals surface area contributed by atoms with Crippen LogP contribution in [0, 0.1) is 6.92 Å². The van der Waals surface area contributed by atoms with E-state index in [0.29, 0.717) is 38.4 Å². The molecule has 14 nitrogen and oxygen atoms in total. The molecule has 5 aromatic heterocycles. The summed E-state index contributed by atoms with van der Waals surface area (Å²) in [6, 6.07) is 9.50. The van der Waals surface area contributed by atoms with Crippen LogP contribution >= 0.6 is 11.6 Å². The van der Waals surface area contributed by atoms with Crippen LogP contribution in [0.2, 0.25) is 5.02 Å². The Morgan fingerprint density at radius 1 is 0.872 bits per heavy atom. The number of aryl methyl sites for hydroxylation is 1. The molecule has 0 spiro atoms. The van der Waals surface area contributed by atoms with Crippen molar-refractivity contribution in [2.45, 2.75) is 31.5 Å². The number of ether oxygens (including phenoxy) is 5. The van der Waals surface area contributed by atoms with E-state index in [2.05, 4.69) is 5.10 Å². The number of carbonyl (C=O) groups excluding carboxylic acids is 3. The van der Waals surface area contributed by atoms with Crippen molar-refractivity contribution in [2.24, 2.45) is 0 Å². The molecule has 0 saturated carbocycles. The number of hydrogen-bond donors (Lipinski definition) is 0. The minimum atomic E-state index is -1.33. The summed E-state index contributed by atoms with van der Waals surface area (Å²) in [5.74, 6) is -1.72. The molecule has 0 aliphatic carbocycles. The standard InChI is InChI=1S/C32H24ClN3O11/c1-16-24-25(33)21-11-20(40-2)3-4-22(21)34-28(24)36(35-16)29-27(47-32(39)19-7-10-43-14-19)26(46-31(38)18-6-9-42-13-18)23(45-29)15-44-30(37)17-5-8-41-12-17/h3-14,23,26-27,29H,15H2,1-2H3/t23-,26-,27-,29-/m1/s1. The van der Waals surface area contributed by atoms with E-state index in [0.717, 1.165) is 0 Å². The zero-order chi connectivity index (χ0) is 32.7. The fourth-order valence-electron chi connectivity index (χ4n) is 5.31. The lowest BCUT2D eigenvalue weighted by atomic mass is 10.1. The number of halogens is 1. The highest BCUT2D eigenvalue weighted by Gasteiger charge is 2.52. The molecule has 1 aliphatic rings. The van der Waals surface area contributed by atoms with E-state index in [1.54, 1.807) is 32.2 Å². The molecule has 6 aromatic rings. The number of furan rings is 3. The van der Waals surface area contributed by atoms with E-state index >= 15 is 0 Å². The van der Waals surface area contributed by atoms with Crippen molar-refractivity contribution in [3.8, 4) is 5.75 Å². The van der Waals surface area contributed by atoms with Gasteiger partial charge in [-0.25, -0.2) is 24.0 Å². The first kappa shape index (κ1) is 30.1. The van der Waals surface area contributed by atoms with Crippen LogP contribution in [0.5, 0.6) is 5.75 Å². The Hall–Kier alpha value is -5.60. The van der Waals surface area contributed by atoms with Crippen molar-refractivity contribution >= 4 is 51.4 Å². The van der Waals surface area contributed by atoms with Gasteiger partial charge in [-0.3, -0.25) is 0 Å². The molecule has 0 amide bonds. The minimum Gasteiger partial charge on any atom is -0.497 e. The van der Waals surface area contributed by atoms with Crippen molar-refractivity contribution in [1.82, 2.24) is 14.8 Å². The lowest BCUT2D eigenvalue weighted by Crippen LogP contribution is -2.41. The van der Waals surface area contributed by atoms with E-state index in [1.165, 1.54) is 60.5 Å². The Bertz CT molecular complexity index is 2070. The maximum absolute atomic E-state index is 13.3. The van der Waals surface area contributed by atoms with Gasteiger partial charge in [0.15, 0.2) is 24.1 Å². The van der Waals surface area contributed by atoms with Gasteiger partial charge in [0.25, 0.3) is 0 Å². The highest BCUT2D eigenvalue weighted by molar-refractivity contribution is 6.40. The topological polar surface area (TPSA) is 167 Å². The fraction of sp³-hybridized carbons (Fsp3) is 0.219. The van der Waals surface area contributed by atoms with Crippen molar-refractivity contribution in [2.75, 3.05) is 13.7 Å². The minimum absolute atomic E-state index is 0.0956. The quantitative estimate of drug-likeness (QED) is 0.140. The average molecular weight is 662 g/mol. The van der Waals surface area contributed by atoms with E-state index in [9.17, 15) is 14.4 Å². The Morgan fingerprint density at radius 3 is 2.09 bits per heavy atom. The van der Waals surface area contributed by atoms with Gasteiger partial charge in [0.1, 0.15) is 37.2 Å². The summed E-state index contributed by atoms with van der Waals surface area (Å²) in [4.78, 5) is 44.1. The number of pyridine rings is 1. The Kier molecular flexibility index (Phi) is 7.87. The third kappa shape index (κ3) is 5.57. The second-order valence-corrected chi connectivity index (χ2v) is 10.9. The third-order valence-electron chi connectivity index (χ3n) is 7.61. The number of benzene rings is 1. The van der Waals surface area contributed by atoms with Crippen molar-refractivity contribution < 1.29 is 51.3 Å². The average Bonchev–Trinajstić information content (AvgIpc) is 3.92. The van der Waals surface area contributed by atoms with Crippen LogP contribution in [-0.2, 0) is 18.9 Å². The molecule has 0 N–H and O–H groups in total. The highest BCUT2D eigenvalue weighted by atomic mass is 35.5. The molecule has 0 bridgehead atoms. The van der Waals surface area contributed by atoms with Crippen LogP contribution in [0.25, 0.3) is 21.9 Å². The van der Waals surface area contributed by atoms with Crippen LogP contribution < -0.4 is 4.74 Å². The normalized spacial score (nSPS) is 19.2. The number of aromatic nitrogens is 3. The second-order valence-electron chi connectivity index (χ2n) is 10.5. The Labute approximate surface area is 269 Å². The number of carbonyl (C=O) groups is 3. The first-order valence-electron chi connectivity index (χ1n) is 14.2. The third-order valence-corrected chi connectivity index (χ3v) is 8.00. The second kappa shape index (κ2) is 12.3. The van der Waals surface area contributed by atoms with Crippen molar-refractivity contribution in [3.05, 3.63) is 101 Å². The van der Waals surface area contributed by atoms with E-state index < -0.39 is 49.1 Å². The molecule has 15 heteroatoms. The number of esters is 3. The summed E-state index contributed by atoms with van der Waals surface area (Å²) in [7, 11) is 1.55. The van der Waals surface area contributed by atoms with Crippen LogP contribution in [0.15, 0.2) is 87.2 Å². The smallest absolute Gasteiger partial charge is 0.341 e. The number of hydrogen-bond acceptors (Lipinski definition) is 13. The van der Waals surface area contributed by atoms with Crippen LogP contribution in [0.4, 0.5) is 0 Å². The molecule has 0 unspecified atom stereocenters. The van der Waals surface area contributed by atoms with Crippen LogP contribution in [-0.4, -0.2) is 64.7 Å². The van der Waals surface area contributed by atoms with Gasteiger partial charge in [-0.2, -0.15) is 5.10 Å². The molecule has 1 saturated heterocycles. The molecule has 6 heterocycles. The number of methoxy groups -OCH3 is 1. The number of nitrogens with zero attached hydrogens (tertiary/aromatic N) is 3. The molecule has 240 valence electrons. The molecular weight excluding hydrogens is 638 g/mol. The molecule has 0 radical (unpaired) electrons. The monoisotopic (exact) mass is 661 g/mol. The summed E-state index contributed by atoms with van der Waals surface area (Å²) < 4.78 is 45.6. The maximum atomic E-state index is 13.3. The SMILES string of the molecule is COc1ccc2nc3c(c(C)nn3[C@@H]3O[C@H](COC(=O)c4ccoc4)[C@@H](OC(=O)c4ccoc4)[C@H]3OC(=O)c3ccoc3)c(Cl)c2c1. The summed E-state index contributed by atoms with van der Waals surface area (Å²) in [6.45, 7) is 1.33. The fourth-order valence-corrected chi connectivity index (χ4v) is 5.69. The Balaban J connectivity index is 1.32. The highest BCUT2D eigenvalue weighted by Crippen LogP contribution is 2.40. The van der Waals surface area contributed by atoms with Crippen LogP contribution in [0.3, 0.4) is 0 Å². The van der Waals surface area contributed by atoms with E-state index in [-0.39, 0.29) is 16.7 Å². The number of fused-ring (bicyclic) bond motifs is 2. The largest absolute Gasteiger partial charge is 0.497 e. The van der Waals surface area contributed by atoms with Gasteiger partial charge in [0.05, 0.1) is 64.2 Å². The molecule has 7 rings (SSSR count). The van der Waals surface area contributed by atoms with Gasteiger partial charge in [-0.15, -0.1) is 0 Å². The Morgan fingerprint density at radius 2 is 1.49 bits per heavy atom. The van der Waals surface area contributed by atoms with Crippen molar-refractivity contribution in [1.29, 1.82) is 0 Å². The molecule has 4 atom stereocenters. The van der Waals surface area contributed by atoms with Gasteiger partial charge in [-0.1, -0.05) is 11.6 Å². The molecule has 1 aliphatic heterocycles. The lowest BCUT2D eigenvalue weighted by Gasteiger charge is -2.24. The summed E-state index contributed by atoms with van der Waals surface area (Å²) in [5.41, 5.74) is 1.68. The zero-order valence-electron chi connectivity index (χ0n) is 24.7. The molecule has 1 fully saturated rings. The first-order chi connectivity index (χ1) is 22.8. The van der Waals surface area contributed by atoms with E-state index in [4.69, 9.17) is 53.5 Å². The van der Waals surface area contributed by atoms with Gasteiger partial charge in [0.2, 0.25) is 0 Å². The molecular formula is C32H24ClN3O11. The van der Waals surface area contributed by atoms with Gasteiger partial charge in [-0.05, 0) is 43.3 Å². The zero-order valence-corrected chi connectivity index (χ0v) is 25.4. The van der Waals surface area contributed by atoms with Gasteiger partial charge in [0, 0.05) is 5.39 Å². The van der Waals surface area contributed by atoms with Gasteiger partial charge < -0.3 is 36.9 Å². The molecule has 1 aromatic carbocycles. The number of rotatable bonds is 9. The summed E-state index contributed by atoms with van der Waals surface area (Å²) >= 11 is 6.90. The predicted molar refractivity (Wildman–Crippen MR) is 160 cm³/mol. The van der Waals surface area contributed by atoms with E-state index in [1.807, 2.05) is 0 Å². The predicted octanol–water partition coefficient (Wildman–Crippen LogP) is 5.54. The van der Waals surface area contributed by atoms with Crippen molar-refractivity contribution in [3.63, 3.8) is 0 Å².